The third kappa shape index (κ3) is 2.13. The van der Waals surface area contributed by atoms with Crippen molar-refractivity contribution in [3.63, 3.8) is 0 Å². The summed E-state index contributed by atoms with van der Waals surface area (Å²) in [5.41, 5.74) is 1.86. The van der Waals surface area contributed by atoms with Crippen LogP contribution in [0.2, 0.25) is 0 Å². The van der Waals surface area contributed by atoms with Gasteiger partial charge in [0.05, 0.1) is 0 Å². The summed E-state index contributed by atoms with van der Waals surface area (Å²) >= 11 is -3.38. The SMILES string of the molecule is c1cc[c]([Ge]2([c]3ccccc3)[c]3c(oc4ccccc34)-c3oc4ccccc4[c]32)cc1. The van der Waals surface area contributed by atoms with Crippen molar-refractivity contribution in [2.45, 2.75) is 0 Å². The maximum atomic E-state index is 6.52. The van der Waals surface area contributed by atoms with Crippen LogP contribution in [0.1, 0.15) is 0 Å². The van der Waals surface area contributed by atoms with Crippen molar-refractivity contribution < 1.29 is 8.83 Å². The van der Waals surface area contributed by atoms with Crippen molar-refractivity contribution >= 4 is 52.8 Å². The van der Waals surface area contributed by atoms with Gasteiger partial charge in [-0.3, -0.25) is 0 Å². The van der Waals surface area contributed by atoms with Gasteiger partial charge >= 0.3 is 182 Å². The van der Waals surface area contributed by atoms with Crippen LogP contribution in [0.15, 0.2) is 118 Å². The molecule has 6 aromatic rings. The van der Waals surface area contributed by atoms with E-state index >= 15 is 0 Å². The van der Waals surface area contributed by atoms with Gasteiger partial charge in [-0.05, 0) is 0 Å². The molecule has 0 unspecified atom stereocenters. The predicted octanol–water partition coefficient (Wildman–Crippen LogP) is 4.54. The average molecular weight is 459 g/mol. The zero-order valence-electron chi connectivity index (χ0n) is 16.7. The molecule has 31 heavy (non-hydrogen) atoms. The number of rotatable bonds is 2. The summed E-state index contributed by atoms with van der Waals surface area (Å²) < 4.78 is 18.5. The van der Waals surface area contributed by atoms with Crippen LogP contribution in [0.25, 0.3) is 33.5 Å². The van der Waals surface area contributed by atoms with E-state index in [9.17, 15) is 0 Å². The predicted molar refractivity (Wildman–Crippen MR) is 129 cm³/mol. The van der Waals surface area contributed by atoms with Crippen LogP contribution in [-0.2, 0) is 0 Å². The van der Waals surface area contributed by atoms with E-state index in [0.717, 1.165) is 22.7 Å². The van der Waals surface area contributed by atoms with E-state index < -0.39 is 13.3 Å². The second-order valence-electron chi connectivity index (χ2n) is 8.09. The van der Waals surface area contributed by atoms with E-state index in [1.807, 2.05) is 12.1 Å². The van der Waals surface area contributed by atoms with E-state index in [-0.39, 0.29) is 0 Å². The number of para-hydroxylation sites is 2. The Morgan fingerprint density at radius 2 is 0.806 bits per heavy atom. The summed E-state index contributed by atoms with van der Waals surface area (Å²) in [4.78, 5) is 0. The molecule has 0 saturated carbocycles. The zero-order valence-corrected chi connectivity index (χ0v) is 18.8. The Hall–Kier alpha value is -3.50. The fraction of sp³-hybridized carbons (Fsp3) is 0. The van der Waals surface area contributed by atoms with Gasteiger partial charge in [0.15, 0.2) is 0 Å². The molecule has 0 N–H and O–H groups in total. The van der Waals surface area contributed by atoms with Gasteiger partial charge in [-0.1, -0.05) is 0 Å². The van der Waals surface area contributed by atoms with Crippen molar-refractivity contribution in [1.29, 1.82) is 0 Å². The summed E-state index contributed by atoms with van der Waals surface area (Å²) in [7, 11) is 0. The Labute approximate surface area is 182 Å². The molecule has 0 fully saturated rings. The molecule has 7 rings (SSSR count). The average Bonchev–Trinajstić information content (AvgIpc) is 3.48. The third-order valence-electron chi connectivity index (χ3n) is 6.56. The molecule has 3 heterocycles. The second kappa shape index (κ2) is 6.25. The summed E-state index contributed by atoms with van der Waals surface area (Å²) in [6.07, 6.45) is 0. The quantitative estimate of drug-likeness (QED) is 0.355. The molecule has 3 heteroatoms. The third-order valence-corrected chi connectivity index (χ3v) is 16.8. The molecule has 1 aliphatic heterocycles. The van der Waals surface area contributed by atoms with Crippen LogP contribution >= 0.6 is 0 Å². The van der Waals surface area contributed by atoms with E-state index in [4.69, 9.17) is 8.83 Å². The first-order valence-corrected chi connectivity index (χ1v) is 14.7. The molecule has 4 aromatic carbocycles. The maximum absolute atomic E-state index is 6.52. The topological polar surface area (TPSA) is 26.3 Å². The first-order chi connectivity index (χ1) is 15.4. The normalized spacial score (nSPS) is 14.1. The van der Waals surface area contributed by atoms with Gasteiger partial charge < -0.3 is 0 Å². The van der Waals surface area contributed by atoms with Crippen LogP contribution in [0.3, 0.4) is 0 Å². The molecule has 1 aliphatic rings. The fourth-order valence-electron chi connectivity index (χ4n) is 5.40. The minimum atomic E-state index is -3.38. The molecule has 2 aromatic heterocycles. The van der Waals surface area contributed by atoms with Crippen molar-refractivity contribution in [3.8, 4) is 11.5 Å². The molecule has 0 bridgehead atoms. The van der Waals surface area contributed by atoms with Gasteiger partial charge in [0.25, 0.3) is 0 Å². The van der Waals surface area contributed by atoms with Crippen LogP contribution in [-0.4, -0.2) is 13.3 Å². The van der Waals surface area contributed by atoms with Crippen molar-refractivity contribution in [1.82, 2.24) is 0 Å². The Balaban J connectivity index is 1.77. The number of benzene rings is 4. The van der Waals surface area contributed by atoms with Crippen molar-refractivity contribution in [2.75, 3.05) is 0 Å². The van der Waals surface area contributed by atoms with Gasteiger partial charge in [0.2, 0.25) is 0 Å². The van der Waals surface area contributed by atoms with Crippen LogP contribution in [0.5, 0.6) is 0 Å². The minimum absolute atomic E-state index is 0.917. The molecular formula is C28H18GeO2. The van der Waals surface area contributed by atoms with Gasteiger partial charge in [-0.15, -0.1) is 0 Å². The van der Waals surface area contributed by atoms with Crippen molar-refractivity contribution in [3.05, 3.63) is 109 Å². The number of hydrogen-bond donors (Lipinski definition) is 0. The number of furan rings is 2. The second-order valence-corrected chi connectivity index (χ2v) is 15.8. The molecule has 0 saturated heterocycles. The van der Waals surface area contributed by atoms with E-state index in [2.05, 4.69) is 97.1 Å². The van der Waals surface area contributed by atoms with Gasteiger partial charge in [0, 0.05) is 0 Å². The van der Waals surface area contributed by atoms with E-state index in [1.54, 1.807) is 0 Å². The number of fused-ring (bicyclic) bond motifs is 7. The summed E-state index contributed by atoms with van der Waals surface area (Å²) in [5.74, 6) is 1.83. The molecule has 146 valence electrons. The molecule has 0 aliphatic carbocycles. The van der Waals surface area contributed by atoms with Crippen LogP contribution in [0.4, 0.5) is 0 Å². The van der Waals surface area contributed by atoms with Gasteiger partial charge in [-0.25, -0.2) is 0 Å². The summed E-state index contributed by atoms with van der Waals surface area (Å²) in [5, 5.41) is 2.42. The molecule has 0 radical (unpaired) electrons. The monoisotopic (exact) mass is 460 g/mol. The fourth-order valence-corrected chi connectivity index (χ4v) is 16.6. The molecule has 2 nitrogen and oxygen atoms in total. The van der Waals surface area contributed by atoms with Gasteiger partial charge in [0.1, 0.15) is 0 Å². The summed E-state index contributed by atoms with van der Waals surface area (Å²) in [6, 6.07) is 38.9. The Kier molecular flexibility index (Phi) is 3.47. The van der Waals surface area contributed by atoms with Crippen LogP contribution < -0.4 is 17.6 Å². The first-order valence-electron chi connectivity index (χ1n) is 10.5. The molecule has 0 amide bonds. The zero-order chi connectivity index (χ0) is 20.4. The first kappa shape index (κ1) is 17.2. The van der Waals surface area contributed by atoms with E-state index in [1.165, 1.54) is 28.4 Å². The van der Waals surface area contributed by atoms with Crippen LogP contribution in [0, 0.1) is 0 Å². The van der Waals surface area contributed by atoms with E-state index in [0.29, 0.717) is 0 Å². The number of hydrogen-bond acceptors (Lipinski definition) is 2. The molecule has 0 spiro atoms. The Morgan fingerprint density at radius 3 is 1.26 bits per heavy atom. The molecular weight excluding hydrogens is 441 g/mol. The van der Waals surface area contributed by atoms with Crippen molar-refractivity contribution in [2.24, 2.45) is 0 Å². The Bertz CT molecular complexity index is 1450. The Morgan fingerprint density at radius 1 is 0.419 bits per heavy atom. The molecule has 0 atom stereocenters. The standard InChI is InChI=1S/C28H18GeO2/c1-3-11-19(12-4-1)29(20-13-5-2-6-14-20)25-21-15-7-9-17-23(21)30-27(25)28-26(29)22-16-8-10-18-24(22)31-28/h1-18H. The summed E-state index contributed by atoms with van der Waals surface area (Å²) in [6.45, 7) is 0. The van der Waals surface area contributed by atoms with Gasteiger partial charge in [-0.2, -0.15) is 0 Å².